The Labute approximate surface area is 139 Å². The summed E-state index contributed by atoms with van der Waals surface area (Å²) in [4.78, 5) is 24.0. The zero-order valence-corrected chi connectivity index (χ0v) is 13.1. The van der Waals surface area contributed by atoms with Gasteiger partial charge in [-0.15, -0.1) is 0 Å². The highest BCUT2D eigenvalue weighted by Gasteiger charge is 2.26. The molecule has 0 amide bonds. The fraction of sp³-hybridized carbons (Fsp3) is 0.235. The van der Waals surface area contributed by atoms with Crippen molar-refractivity contribution >= 4 is 17.7 Å². The smallest absolute Gasteiger partial charge is 0.228 e. The molecule has 1 saturated heterocycles. The maximum absolute atomic E-state index is 4.65. The van der Waals surface area contributed by atoms with Crippen LogP contribution in [0.2, 0.25) is 0 Å². The van der Waals surface area contributed by atoms with Crippen LogP contribution in [0.4, 0.5) is 17.7 Å². The van der Waals surface area contributed by atoms with Crippen molar-refractivity contribution in [3.63, 3.8) is 0 Å². The minimum Gasteiger partial charge on any atom is -0.340 e. The third-order valence-electron chi connectivity index (χ3n) is 4.02. The van der Waals surface area contributed by atoms with Crippen molar-refractivity contribution in [3.8, 4) is 0 Å². The van der Waals surface area contributed by atoms with Crippen molar-refractivity contribution in [2.24, 2.45) is 0 Å². The lowest BCUT2D eigenvalue weighted by Gasteiger charge is -2.15. The number of rotatable bonds is 4. The third kappa shape index (κ3) is 3.15. The Kier molecular flexibility index (Phi) is 3.97. The molecule has 7 heteroatoms. The summed E-state index contributed by atoms with van der Waals surface area (Å²) in [5.74, 6) is 2.43. The lowest BCUT2D eigenvalue weighted by Crippen LogP contribution is -2.21. The minimum absolute atomic E-state index is 0.348. The standard InChI is InChI=1S/C17H17N7/c1-2-7-18-15(4-1)23-16-19-10-5-14(22-16)13-6-11-24(12-13)17-20-8-3-9-21-17/h1-5,7-10,13H,6,11-12H2,(H,18,19,22,23)/t13-/m1/s1. The average molecular weight is 319 g/mol. The molecule has 0 bridgehead atoms. The number of anilines is 3. The quantitative estimate of drug-likeness (QED) is 0.791. The number of hydrogen-bond acceptors (Lipinski definition) is 7. The first kappa shape index (κ1) is 14.5. The van der Waals surface area contributed by atoms with Gasteiger partial charge in [-0.05, 0) is 30.7 Å². The van der Waals surface area contributed by atoms with Crippen LogP contribution in [0.3, 0.4) is 0 Å². The molecule has 0 spiro atoms. The van der Waals surface area contributed by atoms with Crippen molar-refractivity contribution < 1.29 is 0 Å². The van der Waals surface area contributed by atoms with E-state index in [4.69, 9.17) is 0 Å². The van der Waals surface area contributed by atoms with Crippen LogP contribution in [0.25, 0.3) is 0 Å². The van der Waals surface area contributed by atoms with Crippen LogP contribution >= 0.6 is 0 Å². The summed E-state index contributed by atoms with van der Waals surface area (Å²) in [6.45, 7) is 1.80. The van der Waals surface area contributed by atoms with Crippen molar-refractivity contribution in [2.75, 3.05) is 23.3 Å². The number of pyridine rings is 1. The Morgan fingerprint density at radius 3 is 2.62 bits per heavy atom. The molecule has 1 aliphatic heterocycles. The second kappa shape index (κ2) is 6.57. The monoisotopic (exact) mass is 319 g/mol. The second-order valence-electron chi connectivity index (χ2n) is 5.63. The van der Waals surface area contributed by atoms with Crippen molar-refractivity contribution in [2.45, 2.75) is 12.3 Å². The van der Waals surface area contributed by atoms with Gasteiger partial charge in [0.15, 0.2) is 0 Å². The van der Waals surface area contributed by atoms with Gasteiger partial charge in [-0.3, -0.25) is 0 Å². The first-order valence-corrected chi connectivity index (χ1v) is 7.91. The molecule has 0 radical (unpaired) electrons. The average Bonchev–Trinajstić information content (AvgIpc) is 3.14. The molecule has 1 N–H and O–H groups in total. The lowest BCUT2D eigenvalue weighted by molar-refractivity contribution is 0.739. The van der Waals surface area contributed by atoms with Crippen molar-refractivity contribution in [1.82, 2.24) is 24.9 Å². The van der Waals surface area contributed by atoms with Gasteiger partial charge in [0.1, 0.15) is 5.82 Å². The van der Waals surface area contributed by atoms with Crippen LogP contribution in [0.15, 0.2) is 55.1 Å². The zero-order valence-electron chi connectivity index (χ0n) is 13.1. The van der Waals surface area contributed by atoms with Crippen molar-refractivity contribution in [1.29, 1.82) is 0 Å². The van der Waals surface area contributed by atoms with Gasteiger partial charge in [0.2, 0.25) is 11.9 Å². The maximum atomic E-state index is 4.65. The molecule has 1 atom stereocenters. The van der Waals surface area contributed by atoms with E-state index in [2.05, 4.69) is 35.1 Å². The highest BCUT2D eigenvalue weighted by Crippen LogP contribution is 2.28. The summed E-state index contributed by atoms with van der Waals surface area (Å²) in [7, 11) is 0. The zero-order chi connectivity index (χ0) is 16.2. The van der Waals surface area contributed by atoms with Crippen molar-refractivity contribution in [3.05, 3.63) is 60.8 Å². The normalized spacial score (nSPS) is 17.0. The van der Waals surface area contributed by atoms with Crippen LogP contribution < -0.4 is 10.2 Å². The molecule has 7 nitrogen and oxygen atoms in total. The van der Waals surface area contributed by atoms with Crippen LogP contribution in [0.5, 0.6) is 0 Å². The van der Waals surface area contributed by atoms with Crippen LogP contribution in [-0.2, 0) is 0 Å². The molecule has 24 heavy (non-hydrogen) atoms. The van der Waals surface area contributed by atoms with Crippen LogP contribution in [-0.4, -0.2) is 38.0 Å². The Morgan fingerprint density at radius 1 is 0.917 bits per heavy atom. The summed E-state index contributed by atoms with van der Waals surface area (Å²) in [6, 6.07) is 9.50. The fourth-order valence-corrected chi connectivity index (χ4v) is 2.85. The molecule has 120 valence electrons. The van der Waals surface area contributed by atoms with Gasteiger partial charge in [0, 0.05) is 43.8 Å². The second-order valence-corrected chi connectivity index (χ2v) is 5.63. The molecule has 1 fully saturated rings. The SMILES string of the molecule is c1ccc(Nc2nccc([C@@H]3CCN(c4ncccn4)C3)n2)nc1. The Hall–Kier alpha value is -3.09. The van der Waals surface area contributed by atoms with E-state index >= 15 is 0 Å². The minimum atomic E-state index is 0.348. The molecular formula is C17H17N7. The molecule has 0 unspecified atom stereocenters. The molecule has 3 aromatic heterocycles. The number of nitrogens with one attached hydrogen (secondary N) is 1. The van der Waals surface area contributed by atoms with Gasteiger partial charge in [-0.1, -0.05) is 6.07 Å². The van der Waals surface area contributed by atoms with Crippen LogP contribution in [0, 0.1) is 0 Å². The number of nitrogens with zero attached hydrogens (tertiary/aromatic N) is 6. The van der Waals surface area contributed by atoms with Gasteiger partial charge >= 0.3 is 0 Å². The highest BCUT2D eigenvalue weighted by atomic mass is 15.3. The Morgan fingerprint density at radius 2 is 1.79 bits per heavy atom. The summed E-state index contributed by atoms with van der Waals surface area (Å²) >= 11 is 0. The van der Waals surface area contributed by atoms with E-state index in [0.29, 0.717) is 11.9 Å². The Bertz CT molecular complexity index is 794. The van der Waals surface area contributed by atoms with Gasteiger partial charge in [-0.2, -0.15) is 0 Å². The molecule has 3 aromatic rings. The first-order valence-electron chi connectivity index (χ1n) is 7.91. The largest absolute Gasteiger partial charge is 0.340 e. The van der Waals surface area contributed by atoms with Crippen LogP contribution in [0.1, 0.15) is 18.0 Å². The fourth-order valence-electron chi connectivity index (χ4n) is 2.85. The van der Waals surface area contributed by atoms with E-state index in [1.54, 1.807) is 24.8 Å². The highest BCUT2D eigenvalue weighted by molar-refractivity contribution is 5.47. The first-order chi connectivity index (χ1) is 11.9. The third-order valence-corrected chi connectivity index (χ3v) is 4.02. The Balaban J connectivity index is 1.48. The predicted octanol–water partition coefficient (Wildman–Crippen LogP) is 2.40. The van der Waals surface area contributed by atoms with E-state index in [0.717, 1.165) is 37.0 Å². The number of aromatic nitrogens is 5. The summed E-state index contributed by atoms with van der Waals surface area (Å²) in [6.07, 6.45) is 8.10. The summed E-state index contributed by atoms with van der Waals surface area (Å²) in [5, 5.41) is 3.14. The molecular weight excluding hydrogens is 302 g/mol. The molecule has 4 heterocycles. The molecule has 0 aliphatic carbocycles. The van der Waals surface area contributed by atoms with Gasteiger partial charge in [0.25, 0.3) is 0 Å². The van der Waals surface area contributed by atoms with Gasteiger partial charge < -0.3 is 10.2 Å². The van der Waals surface area contributed by atoms with E-state index in [1.165, 1.54) is 0 Å². The molecule has 4 rings (SSSR count). The maximum Gasteiger partial charge on any atom is 0.228 e. The summed E-state index contributed by atoms with van der Waals surface area (Å²) < 4.78 is 0. The van der Waals surface area contributed by atoms with Gasteiger partial charge in [0.05, 0.1) is 5.69 Å². The molecule has 1 aliphatic rings. The summed E-state index contributed by atoms with van der Waals surface area (Å²) in [5.41, 5.74) is 1.03. The lowest BCUT2D eigenvalue weighted by atomic mass is 10.1. The topological polar surface area (TPSA) is 79.7 Å². The van der Waals surface area contributed by atoms with E-state index in [1.807, 2.05) is 30.3 Å². The van der Waals surface area contributed by atoms with E-state index < -0.39 is 0 Å². The number of hydrogen-bond donors (Lipinski definition) is 1. The van der Waals surface area contributed by atoms with E-state index in [-0.39, 0.29) is 0 Å². The molecule has 0 saturated carbocycles. The molecule has 0 aromatic carbocycles. The van der Waals surface area contributed by atoms with E-state index in [9.17, 15) is 0 Å². The predicted molar refractivity (Wildman–Crippen MR) is 91.2 cm³/mol. The van der Waals surface area contributed by atoms with Gasteiger partial charge in [-0.25, -0.2) is 24.9 Å².